The Balaban J connectivity index is 0.00000900. The number of aryl methyl sites for hydroxylation is 2. The van der Waals surface area contributed by atoms with Crippen molar-refractivity contribution in [1.82, 2.24) is 0 Å². The first-order valence-corrected chi connectivity index (χ1v) is 13.9. The van der Waals surface area contributed by atoms with Crippen LogP contribution in [0.1, 0.15) is 153 Å². The van der Waals surface area contributed by atoms with Crippen LogP contribution in [0.5, 0.6) is 0 Å². The Labute approximate surface area is 219 Å². The van der Waals surface area contributed by atoms with Gasteiger partial charge in [0.25, 0.3) is 0 Å². The Morgan fingerprint density at radius 3 is 0.935 bits per heavy atom. The number of hydrogen-bond acceptors (Lipinski definition) is 0. The summed E-state index contributed by atoms with van der Waals surface area (Å²) in [6.07, 6.45) is 31.2. The van der Waals surface area contributed by atoms with Gasteiger partial charge in [-0.1, -0.05) is 154 Å². The molecule has 0 fully saturated rings. The molecule has 1 heteroatoms. The SMILES string of the molecule is CCCCCCCCCCCCc1ccccc1CCCCCCCCCCCC.[Na]. The van der Waals surface area contributed by atoms with E-state index < -0.39 is 0 Å². The van der Waals surface area contributed by atoms with Crippen LogP contribution in [0.3, 0.4) is 0 Å². The van der Waals surface area contributed by atoms with Gasteiger partial charge in [0.2, 0.25) is 0 Å². The van der Waals surface area contributed by atoms with Crippen molar-refractivity contribution in [2.75, 3.05) is 0 Å². The Kier molecular flexibility index (Phi) is 25.0. The van der Waals surface area contributed by atoms with E-state index in [4.69, 9.17) is 0 Å². The van der Waals surface area contributed by atoms with Crippen LogP contribution in [-0.4, -0.2) is 29.6 Å². The molecule has 0 saturated heterocycles. The summed E-state index contributed by atoms with van der Waals surface area (Å²) in [7, 11) is 0. The van der Waals surface area contributed by atoms with Gasteiger partial charge in [-0.2, -0.15) is 0 Å². The third-order valence-corrected chi connectivity index (χ3v) is 6.72. The van der Waals surface area contributed by atoms with Crippen molar-refractivity contribution in [3.8, 4) is 0 Å². The molecule has 0 amide bonds. The monoisotopic (exact) mass is 437 g/mol. The second-order valence-electron chi connectivity index (χ2n) is 9.63. The summed E-state index contributed by atoms with van der Waals surface area (Å²) < 4.78 is 0. The van der Waals surface area contributed by atoms with Crippen molar-refractivity contribution < 1.29 is 0 Å². The van der Waals surface area contributed by atoms with E-state index in [2.05, 4.69) is 38.1 Å². The zero-order valence-electron chi connectivity index (χ0n) is 21.9. The summed E-state index contributed by atoms with van der Waals surface area (Å²) in [5.74, 6) is 0. The molecule has 0 nitrogen and oxygen atoms in total. The van der Waals surface area contributed by atoms with Gasteiger partial charge >= 0.3 is 0 Å². The Morgan fingerprint density at radius 1 is 0.387 bits per heavy atom. The van der Waals surface area contributed by atoms with Gasteiger partial charge in [0.05, 0.1) is 0 Å². The number of unbranched alkanes of at least 4 members (excludes halogenated alkanes) is 18. The van der Waals surface area contributed by atoms with Gasteiger partial charge in [-0.3, -0.25) is 0 Å². The smallest absolute Gasteiger partial charge is 0 e. The molecule has 0 aromatic heterocycles. The minimum absolute atomic E-state index is 0. The first-order valence-electron chi connectivity index (χ1n) is 13.9. The fourth-order valence-electron chi connectivity index (χ4n) is 4.65. The van der Waals surface area contributed by atoms with Gasteiger partial charge in [0.15, 0.2) is 0 Å². The van der Waals surface area contributed by atoms with Crippen LogP contribution in [0.25, 0.3) is 0 Å². The molecule has 0 heterocycles. The van der Waals surface area contributed by atoms with Crippen LogP contribution in [-0.2, 0) is 12.8 Å². The molecule has 0 saturated carbocycles. The quantitative estimate of drug-likeness (QED) is 0.125. The summed E-state index contributed by atoms with van der Waals surface area (Å²) in [4.78, 5) is 0. The van der Waals surface area contributed by atoms with E-state index in [-0.39, 0.29) is 29.6 Å². The molecule has 0 spiro atoms. The molecule has 0 bridgehead atoms. The molecule has 0 atom stereocenters. The molecule has 0 aliphatic heterocycles. The van der Waals surface area contributed by atoms with E-state index in [0.29, 0.717) is 0 Å². The first kappa shape index (κ1) is 31.2. The number of rotatable bonds is 22. The van der Waals surface area contributed by atoms with Crippen LogP contribution < -0.4 is 0 Å². The Morgan fingerprint density at radius 2 is 0.645 bits per heavy atom. The standard InChI is InChI=1S/C30H54.Na/c1-3-5-7-9-11-13-15-17-19-21-25-29-27-23-24-28-30(29)26-22-20-18-16-14-12-10-8-6-4-2;/h23-24,27-28H,3-22,25-26H2,1-2H3;. The van der Waals surface area contributed by atoms with Crippen LogP contribution in [0.15, 0.2) is 24.3 Å². The molecule has 1 aromatic rings. The molecular formula is C30H54Na. The zero-order valence-corrected chi connectivity index (χ0v) is 23.9. The third kappa shape index (κ3) is 19.4. The fourth-order valence-corrected chi connectivity index (χ4v) is 4.65. The minimum Gasteiger partial charge on any atom is -0.0654 e. The second-order valence-corrected chi connectivity index (χ2v) is 9.63. The van der Waals surface area contributed by atoms with Crippen LogP contribution in [0.4, 0.5) is 0 Å². The average molecular weight is 438 g/mol. The number of hydrogen-bond donors (Lipinski definition) is 0. The van der Waals surface area contributed by atoms with E-state index >= 15 is 0 Å². The van der Waals surface area contributed by atoms with Gasteiger partial charge in [0.1, 0.15) is 0 Å². The maximum atomic E-state index is 2.39. The summed E-state index contributed by atoms with van der Waals surface area (Å²) in [6, 6.07) is 9.26. The van der Waals surface area contributed by atoms with E-state index in [0.717, 1.165) is 0 Å². The topological polar surface area (TPSA) is 0 Å². The minimum atomic E-state index is 0. The van der Waals surface area contributed by atoms with Crippen LogP contribution in [0.2, 0.25) is 0 Å². The summed E-state index contributed by atoms with van der Waals surface area (Å²) >= 11 is 0. The third-order valence-electron chi connectivity index (χ3n) is 6.72. The van der Waals surface area contributed by atoms with Gasteiger partial charge in [-0.15, -0.1) is 0 Å². The van der Waals surface area contributed by atoms with E-state index in [9.17, 15) is 0 Å². The van der Waals surface area contributed by atoms with Crippen molar-refractivity contribution >= 4 is 29.6 Å². The Bertz CT molecular complexity index is 424. The maximum absolute atomic E-state index is 2.39. The number of benzene rings is 1. The van der Waals surface area contributed by atoms with E-state index in [1.54, 1.807) is 11.1 Å². The van der Waals surface area contributed by atoms with Crippen LogP contribution in [0, 0.1) is 0 Å². The zero-order chi connectivity index (χ0) is 21.5. The predicted molar refractivity (Wildman–Crippen MR) is 143 cm³/mol. The molecule has 1 radical (unpaired) electrons. The second kappa shape index (κ2) is 24.9. The molecule has 0 aliphatic carbocycles. The predicted octanol–water partition coefficient (Wildman–Crippen LogP) is 10.2. The molecule has 31 heavy (non-hydrogen) atoms. The van der Waals surface area contributed by atoms with Crippen molar-refractivity contribution in [2.45, 2.75) is 155 Å². The molecule has 175 valence electrons. The van der Waals surface area contributed by atoms with Crippen molar-refractivity contribution in [3.05, 3.63) is 35.4 Å². The van der Waals surface area contributed by atoms with Crippen molar-refractivity contribution in [3.63, 3.8) is 0 Å². The molecule has 0 N–H and O–H groups in total. The molecule has 1 rings (SSSR count). The van der Waals surface area contributed by atoms with Crippen LogP contribution >= 0.6 is 0 Å². The summed E-state index contributed by atoms with van der Waals surface area (Å²) in [5, 5.41) is 0. The van der Waals surface area contributed by atoms with Gasteiger partial charge in [-0.25, -0.2) is 0 Å². The summed E-state index contributed by atoms with van der Waals surface area (Å²) in [6.45, 7) is 4.60. The van der Waals surface area contributed by atoms with Gasteiger partial charge < -0.3 is 0 Å². The first-order chi connectivity index (χ1) is 14.9. The van der Waals surface area contributed by atoms with E-state index in [1.165, 1.54) is 141 Å². The molecule has 1 aromatic carbocycles. The van der Waals surface area contributed by atoms with E-state index in [1.807, 2.05) is 0 Å². The maximum Gasteiger partial charge on any atom is 0 e. The normalized spacial score (nSPS) is 10.9. The summed E-state index contributed by atoms with van der Waals surface area (Å²) in [5.41, 5.74) is 3.26. The molecule has 0 aliphatic rings. The Hall–Kier alpha value is 0.220. The van der Waals surface area contributed by atoms with Gasteiger partial charge in [0, 0.05) is 29.6 Å². The van der Waals surface area contributed by atoms with Gasteiger partial charge in [-0.05, 0) is 36.8 Å². The van der Waals surface area contributed by atoms with Crippen molar-refractivity contribution in [1.29, 1.82) is 0 Å². The van der Waals surface area contributed by atoms with Crippen molar-refractivity contribution in [2.24, 2.45) is 0 Å². The average Bonchev–Trinajstić information content (AvgIpc) is 2.77. The molecular weight excluding hydrogens is 383 g/mol. The fraction of sp³-hybridized carbons (Fsp3) is 0.800. The molecule has 0 unspecified atom stereocenters. The largest absolute Gasteiger partial charge is 0.0654 e.